The van der Waals surface area contributed by atoms with E-state index in [2.05, 4.69) is 6.07 Å². The molecular formula is C18H21N3O2S. The van der Waals surface area contributed by atoms with Gasteiger partial charge in [0.15, 0.2) is 0 Å². The third-order valence-electron chi connectivity index (χ3n) is 4.18. The first kappa shape index (κ1) is 18.0. The molecule has 0 aliphatic heterocycles. The minimum atomic E-state index is -0.0736. The topological polar surface area (TPSA) is 66.1 Å². The average molecular weight is 343 g/mol. The lowest BCUT2D eigenvalue weighted by molar-refractivity contribution is -0.133. The van der Waals surface area contributed by atoms with E-state index in [4.69, 9.17) is 5.26 Å². The van der Waals surface area contributed by atoms with Gasteiger partial charge in [-0.1, -0.05) is 23.5 Å². The van der Waals surface area contributed by atoms with Gasteiger partial charge in [-0.2, -0.15) is 5.26 Å². The summed E-state index contributed by atoms with van der Waals surface area (Å²) in [5, 5.41) is 10.7. The molecule has 1 unspecified atom stereocenters. The predicted octanol–water partition coefficient (Wildman–Crippen LogP) is 3.09. The smallest absolute Gasteiger partial charge is 0.307 e. The van der Waals surface area contributed by atoms with E-state index in [1.807, 2.05) is 38.3 Å². The predicted molar refractivity (Wildman–Crippen MR) is 94.9 cm³/mol. The summed E-state index contributed by atoms with van der Waals surface area (Å²) in [7, 11) is 0. The highest BCUT2D eigenvalue weighted by atomic mass is 32.1. The number of hydrogen-bond donors (Lipinski definition) is 0. The second kappa shape index (κ2) is 7.93. The zero-order valence-corrected chi connectivity index (χ0v) is 15.0. The molecule has 0 N–H and O–H groups in total. The van der Waals surface area contributed by atoms with Crippen molar-refractivity contribution in [3.63, 3.8) is 0 Å². The minimum absolute atomic E-state index is 0.0202. The molecule has 1 aromatic heterocycles. The molecule has 0 bridgehead atoms. The number of aryl methyl sites for hydroxylation is 1. The van der Waals surface area contributed by atoms with E-state index in [1.165, 1.54) is 0 Å². The molecule has 5 nitrogen and oxygen atoms in total. The first-order valence-corrected chi connectivity index (χ1v) is 8.80. The van der Waals surface area contributed by atoms with Crippen molar-refractivity contribution in [2.75, 3.05) is 6.54 Å². The monoisotopic (exact) mass is 343 g/mol. The normalized spacial score (nSPS) is 11.8. The van der Waals surface area contributed by atoms with Gasteiger partial charge in [0.25, 0.3) is 0 Å². The van der Waals surface area contributed by atoms with Crippen LogP contribution in [0.2, 0.25) is 0 Å². The summed E-state index contributed by atoms with van der Waals surface area (Å²) in [5.41, 5.74) is 2.49. The number of nitrogens with zero attached hydrogens (tertiary/aromatic N) is 3. The number of carbonyl (C=O) groups is 1. The number of amides is 1. The number of hydrogen-bond acceptors (Lipinski definition) is 4. The molecular weight excluding hydrogens is 322 g/mol. The van der Waals surface area contributed by atoms with E-state index in [9.17, 15) is 9.59 Å². The van der Waals surface area contributed by atoms with Crippen LogP contribution in [0.25, 0.3) is 0 Å². The van der Waals surface area contributed by atoms with Crippen LogP contribution >= 0.6 is 11.3 Å². The van der Waals surface area contributed by atoms with Gasteiger partial charge in [-0.05, 0) is 38.5 Å². The first-order valence-electron chi connectivity index (χ1n) is 7.92. The molecule has 0 saturated heterocycles. The van der Waals surface area contributed by atoms with E-state index in [0.717, 1.165) is 22.6 Å². The van der Waals surface area contributed by atoms with Gasteiger partial charge >= 0.3 is 4.87 Å². The van der Waals surface area contributed by atoms with Crippen molar-refractivity contribution < 1.29 is 4.79 Å². The van der Waals surface area contributed by atoms with Crippen LogP contribution in [0.3, 0.4) is 0 Å². The van der Waals surface area contributed by atoms with Crippen molar-refractivity contribution in [2.24, 2.45) is 0 Å². The van der Waals surface area contributed by atoms with E-state index in [1.54, 1.807) is 21.6 Å². The Morgan fingerprint density at radius 3 is 2.54 bits per heavy atom. The molecule has 2 rings (SSSR count). The zero-order valence-electron chi connectivity index (χ0n) is 14.2. The van der Waals surface area contributed by atoms with Crippen LogP contribution in [0.1, 0.15) is 43.1 Å². The van der Waals surface area contributed by atoms with E-state index in [0.29, 0.717) is 25.1 Å². The van der Waals surface area contributed by atoms with E-state index in [-0.39, 0.29) is 16.8 Å². The lowest BCUT2D eigenvalue weighted by Gasteiger charge is -2.28. The van der Waals surface area contributed by atoms with Crippen LogP contribution in [-0.4, -0.2) is 21.9 Å². The van der Waals surface area contributed by atoms with Crippen molar-refractivity contribution in [3.8, 4) is 6.07 Å². The Bertz CT molecular complexity index is 799. The van der Waals surface area contributed by atoms with E-state index >= 15 is 0 Å². The van der Waals surface area contributed by atoms with Crippen molar-refractivity contribution in [2.45, 2.75) is 39.8 Å². The zero-order chi connectivity index (χ0) is 17.7. The number of carbonyl (C=O) groups excluding carboxylic acids is 1. The van der Waals surface area contributed by atoms with Crippen LogP contribution < -0.4 is 4.87 Å². The van der Waals surface area contributed by atoms with Crippen LogP contribution in [-0.2, 0) is 11.3 Å². The maximum absolute atomic E-state index is 12.6. The molecule has 2 aromatic rings. The van der Waals surface area contributed by atoms with Gasteiger partial charge in [-0.25, -0.2) is 0 Å². The van der Waals surface area contributed by atoms with Gasteiger partial charge in [-0.3, -0.25) is 9.59 Å². The van der Waals surface area contributed by atoms with Crippen molar-refractivity contribution in [1.29, 1.82) is 5.26 Å². The molecule has 0 aliphatic rings. The molecule has 1 atom stereocenters. The Morgan fingerprint density at radius 2 is 2.04 bits per heavy atom. The van der Waals surface area contributed by atoms with Crippen LogP contribution in [0.15, 0.2) is 34.4 Å². The number of rotatable bonds is 6. The van der Waals surface area contributed by atoms with Gasteiger partial charge in [0, 0.05) is 30.6 Å². The molecule has 0 radical (unpaired) electrons. The molecule has 0 fully saturated rings. The fourth-order valence-electron chi connectivity index (χ4n) is 2.71. The van der Waals surface area contributed by atoms with Crippen molar-refractivity contribution >= 4 is 17.2 Å². The molecule has 0 aliphatic carbocycles. The summed E-state index contributed by atoms with van der Waals surface area (Å²) in [4.78, 5) is 26.1. The maximum atomic E-state index is 12.6. The Balaban J connectivity index is 2.07. The summed E-state index contributed by atoms with van der Waals surface area (Å²) in [6.45, 7) is 6.80. The fourth-order valence-corrected chi connectivity index (χ4v) is 3.47. The van der Waals surface area contributed by atoms with E-state index < -0.39 is 0 Å². The Morgan fingerprint density at radius 1 is 1.38 bits per heavy atom. The van der Waals surface area contributed by atoms with Crippen LogP contribution in [0.5, 0.6) is 0 Å². The molecule has 126 valence electrons. The molecule has 1 heterocycles. The number of aromatic nitrogens is 1. The lowest BCUT2D eigenvalue weighted by atomic mass is 10.0. The molecule has 6 heteroatoms. The largest absolute Gasteiger partial charge is 0.336 e. The van der Waals surface area contributed by atoms with Gasteiger partial charge in [0.1, 0.15) is 0 Å². The Kier molecular flexibility index (Phi) is 5.93. The third kappa shape index (κ3) is 3.92. The standard InChI is InChI=1S/C18H21N3O2S/c1-4-20(14(3)16-7-5-15(11-19)6-8-16)17(22)9-10-21-13(2)12-24-18(21)23/h5-8,12,14H,4,9-10H2,1-3H3. The summed E-state index contributed by atoms with van der Waals surface area (Å²) in [6, 6.07) is 9.31. The second-order valence-electron chi connectivity index (χ2n) is 5.63. The summed E-state index contributed by atoms with van der Waals surface area (Å²) < 4.78 is 1.64. The lowest BCUT2D eigenvalue weighted by Crippen LogP contribution is -2.34. The highest BCUT2D eigenvalue weighted by Gasteiger charge is 2.20. The highest BCUT2D eigenvalue weighted by Crippen LogP contribution is 2.21. The SMILES string of the molecule is CCN(C(=O)CCn1c(C)csc1=O)C(C)c1ccc(C#N)cc1. The van der Waals surface area contributed by atoms with Crippen LogP contribution in [0, 0.1) is 18.3 Å². The van der Waals surface area contributed by atoms with Gasteiger partial charge < -0.3 is 9.47 Å². The quantitative estimate of drug-likeness (QED) is 0.809. The number of nitriles is 1. The van der Waals surface area contributed by atoms with Crippen molar-refractivity contribution in [3.05, 3.63) is 56.1 Å². The second-order valence-corrected chi connectivity index (χ2v) is 6.45. The first-order chi connectivity index (χ1) is 11.5. The number of benzene rings is 1. The van der Waals surface area contributed by atoms with Gasteiger partial charge in [0.2, 0.25) is 5.91 Å². The number of thiazole rings is 1. The van der Waals surface area contributed by atoms with Crippen molar-refractivity contribution in [1.82, 2.24) is 9.47 Å². The van der Waals surface area contributed by atoms with Gasteiger partial charge in [-0.15, -0.1) is 0 Å². The summed E-state index contributed by atoms with van der Waals surface area (Å²) in [5.74, 6) is 0.0202. The molecule has 24 heavy (non-hydrogen) atoms. The summed E-state index contributed by atoms with van der Waals surface area (Å²) in [6.07, 6.45) is 0.298. The molecule has 0 spiro atoms. The third-order valence-corrected chi connectivity index (χ3v) is 5.06. The van der Waals surface area contributed by atoms with Gasteiger partial charge in [0.05, 0.1) is 17.7 Å². The summed E-state index contributed by atoms with van der Waals surface area (Å²) >= 11 is 1.16. The molecule has 1 amide bonds. The average Bonchev–Trinajstić information content (AvgIpc) is 2.91. The molecule has 0 saturated carbocycles. The Labute approximate surface area is 145 Å². The fraction of sp³-hybridized carbons (Fsp3) is 0.389. The Hall–Kier alpha value is -2.39. The molecule has 1 aromatic carbocycles. The van der Waals surface area contributed by atoms with Crippen LogP contribution in [0.4, 0.5) is 0 Å². The highest BCUT2D eigenvalue weighted by molar-refractivity contribution is 7.07. The maximum Gasteiger partial charge on any atom is 0.307 e. The minimum Gasteiger partial charge on any atom is -0.336 e.